The molecule has 0 aromatic heterocycles. The van der Waals surface area contributed by atoms with E-state index in [4.69, 9.17) is 14.2 Å². The van der Waals surface area contributed by atoms with Gasteiger partial charge in [-0.3, -0.25) is 9.59 Å². The van der Waals surface area contributed by atoms with E-state index in [1.165, 1.54) is 135 Å². The number of carbonyl (C=O) groups excluding carboxylic acids is 2. The van der Waals surface area contributed by atoms with Crippen LogP contribution in [0.25, 0.3) is 0 Å². The quantitative estimate of drug-likeness (QED) is 0.0149. The number of nitrogens with one attached hydrogen (secondary N) is 1. The van der Waals surface area contributed by atoms with E-state index in [0.29, 0.717) is 12.8 Å². The highest BCUT2D eigenvalue weighted by Crippen LogP contribution is 2.26. The van der Waals surface area contributed by atoms with Crippen molar-refractivity contribution in [3.05, 3.63) is 85.1 Å². The van der Waals surface area contributed by atoms with E-state index < -0.39 is 67.4 Å². The van der Waals surface area contributed by atoms with E-state index in [1.54, 1.807) is 6.08 Å². The lowest BCUT2D eigenvalue weighted by Crippen LogP contribution is -2.61. The average molecular weight is 1140 g/mol. The second-order valence-corrected chi connectivity index (χ2v) is 22.9. The molecule has 1 fully saturated rings. The SMILES string of the molecule is CCCCC/C=C\C/C=C\C/C=C\C/C=C\CCCCCCCCCCCCCC(=O)OC1C(OCC(NC(=O)C(O)CCCCCCC/C=C/C=C/CCCCC)C(O)/C=C/CCCCCCCCCCC)OC(CO)C(O)C1O. The van der Waals surface area contributed by atoms with E-state index in [-0.39, 0.29) is 19.4 Å². The Kier molecular flexibility index (Phi) is 53.6. The average Bonchev–Trinajstić information content (AvgIpc) is 3.49. The van der Waals surface area contributed by atoms with Crippen LogP contribution in [-0.2, 0) is 23.8 Å². The number of allylic oxidation sites excluding steroid dienone is 13. The third-order valence-corrected chi connectivity index (χ3v) is 15.3. The summed E-state index contributed by atoms with van der Waals surface area (Å²) in [5.41, 5.74) is 0. The van der Waals surface area contributed by atoms with Crippen molar-refractivity contribution in [3.8, 4) is 0 Å². The van der Waals surface area contributed by atoms with Crippen molar-refractivity contribution in [1.82, 2.24) is 5.32 Å². The summed E-state index contributed by atoms with van der Waals surface area (Å²) in [7, 11) is 0. The van der Waals surface area contributed by atoms with Gasteiger partial charge in [0.25, 0.3) is 0 Å². The van der Waals surface area contributed by atoms with Gasteiger partial charge in [0.05, 0.1) is 25.4 Å². The number of carbonyl (C=O) groups is 2. The molecule has 0 aliphatic carbocycles. The first-order valence-corrected chi connectivity index (χ1v) is 33.4. The lowest BCUT2D eigenvalue weighted by molar-refractivity contribution is -0.305. The number of ether oxygens (including phenoxy) is 3. The van der Waals surface area contributed by atoms with Gasteiger partial charge in [0.1, 0.15) is 24.4 Å². The van der Waals surface area contributed by atoms with Crippen molar-refractivity contribution in [3.63, 3.8) is 0 Å². The Morgan fingerprint density at radius 3 is 1.37 bits per heavy atom. The van der Waals surface area contributed by atoms with Crippen LogP contribution in [0.5, 0.6) is 0 Å². The number of aliphatic hydroxyl groups is 5. The maximum Gasteiger partial charge on any atom is 0.306 e. The molecule has 11 nitrogen and oxygen atoms in total. The summed E-state index contributed by atoms with van der Waals surface area (Å²) >= 11 is 0. The molecule has 11 heteroatoms. The zero-order valence-corrected chi connectivity index (χ0v) is 51.9. The molecule has 1 saturated heterocycles. The lowest BCUT2D eigenvalue weighted by atomic mass is 9.99. The first-order chi connectivity index (χ1) is 39.7. The van der Waals surface area contributed by atoms with Gasteiger partial charge < -0.3 is 45.1 Å². The number of amides is 1. The first-order valence-electron chi connectivity index (χ1n) is 33.4. The fourth-order valence-corrected chi connectivity index (χ4v) is 9.98. The smallest absolute Gasteiger partial charge is 0.306 e. The number of esters is 1. The van der Waals surface area contributed by atoms with Gasteiger partial charge >= 0.3 is 5.97 Å². The van der Waals surface area contributed by atoms with Crippen LogP contribution in [0.2, 0.25) is 0 Å². The summed E-state index contributed by atoms with van der Waals surface area (Å²) in [4.78, 5) is 26.6. The Balaban J connectivity index is 2.56. The first kappa shape index (κ1) is 75.9. The summed E-state index contributed by atoms with van der Waals surface area (Å²) in [6.45, 7) is 5.72. The summed E-state index contributed by atoms with van der Waals surface area (Å²) in [6.07, 6.45) is 64.8. The predicted octanol–water partition coefficient (Wildman–Crippen LogP) is 16.5. The molecule has 0 radical (unpaired) electrons. The number of hydrogen-bond acceptors (Lipinski definition) is 10. The molecule has 1 rings (SSSR count). The predicted molar refractivity (Wildman–Crippen MR) is 338 cm³/mol. The zero-order valence-electron chi connectivity index (χ0n) is 51.9. The van der Waals surface area contributed by atoms with Crippen LogP contribution in [0.15, 0.2) is 85.1 Å². The molecule has 0 spiro atoms. The molecule has 8 unspecified atom stereocenters. The summed E-state index contributed by atoms with van der Waals surface area (Å²) in [5, 5.41) is 57.0. The van der Waals surface area contributed by atoms with E-state index in [1.807, 2.05) is 6.08 Å². The van der Waals surface area contributed by atoms with Crippen molar-refractivity contribution in [2.24, 2.45) is 0 Å². The Hall–Kier alpha value is -3.16. The second-order valence-electron chi connectivity index (χ2n) is 22.9. The van der Waals surface area contributed by atoms with Gasteiger partial charge in [-0.15, -0.1) is 0 Å². The van der Waals surface area contributed by atoms with E-state index in [9.17, 15) is 35.1 Å². The molecule has 0 aromatic rings. The second kappa shape index (κ2) is 57.3. The Morgan fingerprint density at radius 1 is 0.494 bits per heavy atom. The van der Waals surface area contributed by atoms with Crippen LogP contribution in [0, 0.1) is 0 Å². The topological polar surface area (TPSA) is 175 Å². The highest BCUT2D eigenvalue weighted by Gasteiger charge is 2.47. The minimum atomic E-state index is -1.62. The highest BCUT2D eigenvalue weighted by molar-refractivity contribution is 5.80. The summed E-state index contributed by atoms with van der Waals surface area (Å²) in [5.74, 6) is -1.21. The van der Waals surface area contributed by atoms with Gasteiger partial charge in [-0.2, -0.15) is 0 Å². The van der Waals surface area contributed by atoms with Gasteiger partial charge in [0.15, 0.2) is 12.4 Å². The Labute approximate surface area is 495 Å². The number of rotatable bonds is 56. The monoisotopic (exact) mass is 1140 g/mol. The molecule has 0 bridgehead atoms. The van der Waals surface area contributed by atoms with Crippen LogP contribution < -0.4 is 5.32 Å². The molecule has 1 aliphatic rings. The van der Waals surface area contributed by atoms with Crippen molar-refractivity contribution < 1.29 is 49.3 Å². The molecular formula is C70H123NO10. The van der Waals surface area contributed by atoms with Crippen molar-refractivity contribution in [2.45, 2.75) is 333 Å². The third-order valence-electron chi connectivity index (χ3n) is 15.3. The number of aliphatic hydroxyl groups excluding tert-OH is 5. The van der Waals surface area contributed by atoms with E-state index >= 15 is 0 Å². The molecule has 1 heterocycles. The molecule has 468 valence electrons. The molecule has 1 amide bonds. The molecule has 1 aliphatic heterocycles. The van der Waals surface area contributed by atoms with Crippen molar-refractivity contribution >= 4 is 11.9 Å². The summed E-state index contributed by atoms with van der Waals surface area (Å²) < 4.78 is 17.6. The van der Waals surface area contributed by atoms with Crippen LogP contribution in [0.4, 0.5) is 0 Å². The van der Waals surface area contributed by atoms with Crippen LogP contribution in [-0.4, -0.2) is 99.6 Å². The Bertz CT molecular complexity index is 1640. The van der Waals surface area contributed by atoms with Gasteiger partial charge in [-0.25, -0.2) is 0 Å². The maximum absolute atomic E-state index is 13.4. The maximum atomic E-state index is 13.4. The van der Waals surface area contributed by atoms with Gasteiger partial charge in [-0.05, 0) is 96.3 Å². The molecule has 81 heavy (non-hydrogen) atoms. The molecule has 0 aromatic carbocycles. The molecular weight excluding hydrogens is 1010 g/mol. The lowest BCUT2D eigenvalue weighted by Gasteiger charge is -2.41. The van der Waals surface area contributed by atoms with Gasteiger partial charge in [0, 0.05) is 6.42 Å². The highest BCUT2D eigenvalue weighted by atomic mass is 16.7. The van der Waals surface area contributed by atoms with Crippen LogP contribution in [0.1, 0.15) is 284 Å². The fraction of sp³-hybridized carbons (Fsp3) is 0.771. The molecule has 6 N–H and O–H groups in total. The Morgan fingerprint density at radius 2 is 0.889 bits per heavy atom. The molecule has 0 saturated carbocycles. The zero-order chi connectivity index (χ0) is 58.9. The van der Waals surface area contributed by atoms with Gasteiger partial charge in [-0.1, -0.05) is 266 Å². The minimum Gasteiger partial charge on any atom is -0.454 e. The number of hydrogen-bond donors (Lipinski definition) is 6. The van der Waals surface area contributed by atoms with E-state index in [2.05, 4.69) is 99.0 Å². The molecule has 8 atom stereocenters. The minimum absolute atomic E-state index is 0.115. The van der Waals surface area contributed by atoms with Gasteiger partial charge in [0.2, 0.25) is 5.91 Å². The van der Waals surface area contributed by atoms with Crippen molar-refractivity contribution in [1.29, 1.82) is 0 Å². The van der Waals surface area contributed by atoms with E-state index in [0.717, 1.165) is 103 Å². The number of unbranched alkanes of at least 4 members (excludes halogenated alkanes) is 31. The fourth-order valence-electron chi connectivity index (χ4n) is 9.98. The van der Waals surface area contributed by atoms with Crippen LogP contribution in [0.3, 0.4) is 0 Å². The van der Waals surface area contributed by atoms with Crippen molar-refractivity contribution in [2.75, 3.05) is 13.2 Å². The standard InChI is InChI=1S/C70H123NO10/c1-4-7-10-13-16-19-22-24-26-27-28-29-30-31-32-33-34-35-36-37-38-40-43-46-49-52-55-58-65(75)81-68-67(77)66(76)64(59-72)80-70(68)79-60-61(62(73)56-53-50-47-44-41-21-18-15-12-9-6-3)71-69(78)63(74)57-54-51-48-45-42-39-25-23-20-17-14-11-8-5-2/h16-17,19-20,23-26,28-29,31-32,53,56,61-64,66-68,70,72-74,76-77H,4-15,18,21-22,27,30,33-52,54-55,57-60H2,1-3H3,(H,71,78)/b19-16-,20-17+,25-23+,26-24-,29-28-,32-31-,56-53+. The summed E-state index contributed by atoms with van der Waals surface area (Å²) in [6, 6.07) is -1.03. The third kappa shape index (κ3) is 45.0. The normalized spacial score (nSPS) is 19.2. The van der Waals surface area contributed by atoms with Crippen LogP contribution >= 0.6 is 0 Å². The largest absolute Gasteiger partial charge is 0.454 e.